The van der Waals surface area contributed by atoms with Crippen molar-refractivity contribution in [3.63, 3.8) is 0 Å². The second kappa shape index (κ2) is 2.26. The Labute approximate surface area is 62.6 Å². The second-order valence-electron chi connectivity index (χ2n) is 3.40. The molecule has 0 saturated heterocycles. The zero-order valence-electron chi connectivity index (χ0n) is 6.51. The summed E-state index contributed by atoms with van der Waals surface area (Å²) in [4.78, 5) is 0. The molecular weight excluding hydrogens is 120 g/mol. The van der Waals surface area contributed by atoms with E-state index in [1.807, 2.05) is 0 Å². The van der Waals surface area contributed by atoms with E-state index in [2.05, 4.69) is 25.2 Å². The minimum absolute atomic E-state index is 0.917. The fourth-order valence-electron chi connectivity index (χ4n) is 1.97. The smallest absolute Gasteiger partial charge is 0.0133 e. The van der Waals surface area contributed by atoms with Gasteiger partial charge in [0, 0.05) is 0 Å². The van der Waals surface area contributed by atoms with Gasteiger partial charge < -0.3 is 0 Å². The van der Waals surface area contributed by atoms with Gasteiger partial charge >= 0.3 is 0 Å². The van der Waals surface area contributed by atoms with Crippen molar-refractivity contribution in [3.8, 4) is 0 Å². The van der Waals surface area contributed by atoms with Gasteiger partial charge in [-0.2, -0.15) is 0 Å². The molecule has 0 radical (unpaired) electrons. The van der Waals surface area contributed by atoms with Crippen LogP contribution in [0.15, 0.2) is 23.8 Å². The average molecular weight is 134 g/mol. The van der Waals surface area contributed by atoms with Gasteiger partial charge in [-0.25, -0.2) is 0 Å². The Morgan fingerprint density at radius 1 is 1.40 bits per heavy atom. The molecule has 1 fully saturated rings. The lowest BCUT2D eigenvalue weighted by Crippen LogP contribution is -2.23. The van der Waals surface area contributed by atoms with E-state index in [-0.39, 0.29) is 0 Å². The summed E-state index contributed by atoms with van der Waals surface area (Å²) in [5, 5.41) is 0. The lowest BCUT2D eigenvalue weighted by molar-refractivity contribution is 0.354. The van der Waals surface area contributed by atoms with Gasteiger partial charge in [0.1, 0.15) is 0 Å². The molecule has 2 unspecified atom stereocenters. The summed E-state index contributed by atoms with van der Waals surface area (Å²) in [6.07, 6.45) is 11.1. The predicted molar refractivity (Wildman–Crippen MR) is 43.7 cm³/mol. The summed E-state index contributed by atoms with van der Waals surface area (Å²) in [5.74, 6) is 1.86. The van der Waals surface area contributed by atoms with Crippen molar-refractivity contribution in [2.75, 3.05) is 0 Å². The second-order valence-corrected chi connectivity index (χ2v) is 3.40. The largest absolute Gasteiger partial charge is 0.0884 e. The number of fused-ring (bicyclic) bond motifs is 1. The maximum absolute atomic E-state index is 2.37. The van der Waals surface area contributed by atoms with Crippen molar-refractivity contribution in [2.24, 2.45) is 11.8 Å². The Balaban J connectivity index is 2.06. The maximum Gasteiger partial charge on any atom is -0.0133 e. The van der Waals surface area contributed by atoms with Gasteiger partial charge in [0.05, 0.1) is 0 Å². The van der Waals surface area contributed by atoms with Crippen molar-refractivity contribution < 1.29 is 0 Å². The molecule has 2 atom stereocenters. The van der Waals surface area contributed by atoms with Gasteiger partial charge in [0.25, 0.3) is 0 Å². The highest BCUT2D eigenvalue weighted by Gasteiger charge is 2.28. The van der Waals surface area contributed by atoms with Crippen LogP contribution >= 0.6 is 0 Å². The zero-order valence-corrected chi connectivity index (χ0v) is 6.51. The Hall–Kier alpha value is -0.520. The van der Waals surface area contributed by atoms with Crippen molar-refractivity contribution in [2.45, 2.75) is 26.2 Å². The molecule has 0 aliphatic heterocycles. The molecule has 2 rings (SSSR count). The van der Waals surface area contributed by atoms with Crippen molar-refractivity contribution >= 4 is 0 Å². The first-order chi connectivity index (χ1) is 4.90. The van der Waals surface area contributed by atoms with Crippen LogP contribution in [-0.4, -0.2) is 0 Å². The molecule has 2 aliphatic rings. The molecule has 2 aliphatic carbocycles. The Bertz CT molecular complexity index is 186. The molecule has 10 heavy (non-hydrogen) atoms. The van der Waals surface area contributed by atoms with E-state index in [1.165, 1.54) is 19.3 Å². The quantitative estimate of drug-likeness (QED) is 0.447. The highest BCUT2D eigenvalue weighted by atomic mass is 14.3. The van der Waals surface area contributed by atoms with Crippen molar-refractivity contribution in [1.29, 1.82) is 0 Å². The Kier molecular flexibility index (Phi) is 1.40. The number of hydrogen-bond donors (Lipinski definition) is 0. The SMILES string of the molecule is C/C=C1/CCC2C=CC2C1. The molecule has 0 aromatic rings. The first kappa shape index (κ1) is 6.21. The zero-order chi connectivity index (χ0) is 6.97. The van der Waals surface area contributed by atoms with E-state index in [1.54, 1.807) is 5.57 Å². The van der Waals surface area contributed by atoms with Crippen molar-refractivity contribution in [1.82, 2.24) is 0 Å². The van der Waals surface area contributed by atoms with E-state index in [0.717, 1.165) is 11.8 Å². The van der Waals surface area contributed by atoms with Crippen molar-refractivity contribution in [3.05, 3.63) is 23.8 Å². The summed E-state index contributed by atoms with van der Waals surface area (Å²) in [6, 6.07) is 0. The third-order valence-electron chi connectivity index (χ3n) is 2.86. The van der Waals surface area contributed by atoms with E-state index < -0.39 is 0 Å². The minimum atomic E-state index is 0.917. The van der Waals surface area contributed by atoms with Crippen LogP contribution in [0.2, 0.25) is 0 Å². The summed E-state index contributed by atoms with van der Waals surface area (Å²) in [7, 11) is 0. The number of hydrogen-bond acceptors (Lipinski definition) is 0. The normalized spacial score (nSPS) is 41.1. The minimum Gasteiger partial charge on any atom is -0.0884 e. The molecule has 0 heteroatoms. The molecule has 0 heterocycles. The fourth-order valence-corrected chi connectivity index (χ4v) is 1.97. The van der Waals surface area contributed by atoms with Crippen LogP contribution < -0.4 is 0 Å². The summed E-state index contributed by atoms with van der Waals surface area (Å²) >= 11 is 0. The molecule has 54 valence electrons. The summed E-state index contributed by atoms with van der Waals surface area (Å²) < 4.78 is 0. The van der Waals surface area contributed by atoms with Gasteiger partial charge in [-0.15, -0.1) is 0 Å². The molecule has 1 saturated carbocycles. The number of allylic oxidation sites excluding steroid dienone is 4. The molecule has 0 N–H and O–H groups in total. The third kappa shape index (κ3) is 0.828. The molecule has 0 nitrogen and oxygen atoms in total. The maximum atomic E-state index is 2.37. The van der Waals surface area contributed by atoms with Crippen LogP contribution in [0.3, 0.4) is 0 Å². The lowest BCUT2D eigenvalue weighted by Gasteiger charge is -2.35. The van der Waals surface area contributed by atoms with Crippen LogP contribution in [-0.2, 0) is 0 Å². The monoisotopic (exact) mass is 134 g/mol. The Morgan fingerprint density at radius 2 is 2.20 bits per heavy atom. The van der Waals surface area contributed by atoms with Gasteiger partial charge in [-0.3, -0.25) is 0 Å². The van der Waals surface area contributed by atoms with Gasteiger partial charge in [-0.1, -0.05) is 23.8 Å². The standard InChI is InChI=1S/C10H14/c1-2-8-3-4-9-5-6-10(9)7-8/h2,5-6,9-10H,3-4,7H2,1H3/b8-2-. The highest BCUT2D eigenvalue weighted by Crippen LogP contribution is 2.40. The summed E-state index contributed by atoms with van der Waals surface area (Å²) in [5.41, 5.74) is 1.67. The average Bonchev–Trinajstić information content (AvgIpc) is 1.92. The first-order valence-electron chi connectivity index (χ1n) is 4.22. The molecule has 0 spiro atoms. The molecule has 0 amide bonds. The van der Waals surface area contributed by atoms with Gasteiger partial charge in [-0.05, 0) is 38.0 Å². The molecule has 0 bridgehead atoms. The topological polar surface area (TPSA) is 0 Å². The lowest BCUT2D eigenvalue weighted by atomic mass is 9.70. The van der Waals surface area contributed by atoms with E-state index in [0.29, 0.717) is 0 Å². The van der Waals surface area contributed by atoms with Crippen LogP contribution in [0.5, 0.6) is 0 Å². The third-order valence-corrected chi connectivity index (χ3v) is 2.86. The molecular formula is C10H14. The Morgan fingerprint density at radius 3 is 2.70 bits per heavy atom. The van der Waals surface area contributed by atoms with Gasteiger partial charge in [0.2, 0.25) is 0 Å². The fraction of sp³-hybridized carbons (Fsp3) is 0.600. The highest BCUT2D eigenvalue weighted by molar-refractivity contribution is 5.19. The summed E-state index contributed by atoms with van der Waals surface area (Å²) in [6.45, 7) is 2.16. The van der Waals surface area contributed by atoms with E-state index >= 15 is 0 Å². The van der Waals surface area contributed by atoms with Crippen LogP contribution in [0, 0.1) is 11.8 Å². The van der Waals surface area contributed by atoms with E-state index in [4.69, 9.17) is 0 Å². The van der Waals surface area contributed by atoms with Gasteiger partial charge in [0.15, 0.2) is 0 Å². The van der Waals surface area contributed by atoms with Crippen LogP contribution in [0.4, 0.5) is 0 Å². The molecule has 0 aromatic carbocycles. The van der Waals surface area contributed by atoms with E-state index in [9.17, 15) is 0 Å². The molecule has 0 aromatic heterocycles. The number of rotatable bonds is 0. The van der Waals surface area contributed by atoms with Crippen LogP contribution in [0.1, 0.15) is 26.2 Å². The van der Waals surface area contributed by atoms with Crippen LogP contribution in [0.25, 0.3) is 0 Å². The first-order valence-corrected chi connectivity index (χ1v) is 4.22. The predicted octanol–water partition coefficient (Wildman–Crippen LogP) is 2.92.